The van der Waals surface area contributed by atoms with Gasteiger partial charge in [-0.2, -0.15) is 0 Å². The summed E-state index contributed by atoms with van der Waals surface area (Å²) in [5, 5.41) is 9.56. The van der Waals surface area contributed by atoms with Crippen LogP contribution < -0.4 is 14.9 Å². The van der Waals surface area contributed by atoms with Crippen molar-refractivity contribution >= 4 is 27.7 Å². The van der Waals surface area contributed by atoms with Crippen LogP contribution in [0.1, 0.15) is 10.9 Å². The monoisotopic (exact) mass is 416 g/mol. The Bertz CT molecular complexity index is 962. The molecule has 1 unspecified atom stereocenters. The first-order chi connectivity index (χ1) is 12.3. The highest BCUT2D eigenvalue weighted by atomic mass is 79.9. The molecule has 1 N–H and O–H groups in total. The predicted octanol–water partition coefficient (Wildman–Crippen LogP) is 3.83. The highest BCUT2D eigenvalue weighted by Crippen LogP contribution is 2.43. The van der Waals surface area contributed by atoms with Gasteiger partial charge in [0, 0.05) is 15.6 Å². The number of hydrogen-bond acceptors (Lipinski definition) is 6. The van der Waals surface area contributed by atoms with E-state index in [9.17, 15) is 0 Å². The van der Waals surface area contributed by atoms with E-state index < -0.39 is 0 Å². The van der Waals surface area contributed by atoms with E-state index in [0.29, 0.717) is 13.2 Å². The average Bonchev–Trinajstić information content (AvgIpc) is 3.22. The fraction of sp³-hybridized carbons (Fsp3) is 0.176. The molecule has 3 aromatic rings. The van der Waals surface area contributed by atoms with Gasteiger partial charge in [0.1, 0.15) is 18.6 Å². The fourth-order valence-electron chi connectivity index (χ4n) is 2.90. The van der Waals surface area contributed by atoms with Crippen LogP contribution in [0, 0.1) is 0 Å². The van der Waals surface area contributed by atoms with Gasteiger partial charge >= 0.3 is 0 Å². The summed E-state index contributed by atoms with van der Waals surface area (Å²) >= 11 is 5.25. The maximum atomic E-state index is 5.67. The molecule has 0 radical (unpaired) electrons. The molecule has 0 spiro atoms. The lowest BCUT2D eigenvalue weighted by atomic mass is 10.2. The lowest BCUT2D eigenvalue weighted by Crippen LogP contribution is -2.16. The van der Waals surface area contributed by atoms with Crippen LogP contribution in [0.25, 0.3) is 11.4 Å². The van der Waals surface area contributed by atoms with Crippen LogP contribution in [0.3, 0.4) is 0 Å². The quantitative estimate of drug-likeness (QED) is 0.684. The SMILES string of the molecule is Brc1ccccc1C1Nn2c(nnc2-c2ccc3c(c2)OCCO3)S1. The lowest BCUT2D eigenvalue weighted by Gasteiger charge is -2.19. The number of halogens is 1. The molecular weight excluding hydrogens is 404 g/mol. The smallest absolute Gasteiger partial charge is 0.212 e. The molecule has 0 amide bonds. The van der Waals surface area contributed by atoms with E-state index in [1.165, 1.54) is 5.56 Å². The molecule has 25 heavy (non-hydrogen) atoms. The summed E-state index contributed by atoms with van der Waals surface area (Å²) < 4.78 is 14.3. The van der Waals surface area contributed by atoms with Gasteiger partial charge in [-0.25, -0.2) is 4.68 Å². The molecule has 0 fully saturated rings. The van der Waals surface area contributed by atoms with Crippen LogP contribution in [0.15, 0.2) is 52.1 Å². The number of hydrogen-bond donors (Lipinski definition) is 1. The van der Waals surface area contributed by atoms with Gasteiger partial charge in [-0.3, -0.25) is 0 Å². The van der Waals surface area contributed by atoms with E-state index in [1.54, 1.807) is 11.8 Å². The zero-order valence-corrected chi connectivity index (χ0v) is 15.4. The van der Waals surface area contributed by atoms with Crippen LogP contribution in [0.2, 0.25) is 0 Å². The van der Waals surface area contributed by atoms with Gasteiger partial charge in [-0.05, 0) is 24.3 Å². The van der Waals surface area contributed by atoms with E-state index in [2.05, 4.69) is 37.6 Å². The van der Waals surface area contributed by atoms with E-state index in [1.807, 2.05) is 41.1 Å². The number of benzene rings is 2. The Hall–Kier alpha value is -2.19. The predicted molar refractivity (Wildman–Crippen MR) is 98.5 cm³/mol. The molecule has 2 aliphatic heterocycles. The number of rotatable bonds is 2. The second-order valence-corrected chi connectivity index (χ2v) is 7.58. The Morgan fingerprint density at radius 3 is 2.80 bits per heavy atom. The topological polar surface area (TPSA) is 61.2 Å². The molecule has 3 heterocycles. The Kier molecular flexibility index (Phi) is 3.60. The maximum Gasteiger partial charge on any atom is 0.212 e. The molecule has 8 heteroatoms. The van der Waals surface area contributed by atoms with Crippen molar-refractivity contribution in [2.45, 2.75) is 10.5 Å². The highest BCUT2D eigenvalue weighted by molar-refractivity contribution is 9.10. The number of ether oxygens (including phenoxy) is 2. The van der Waals surface area contributed by atoms with Crippen LogP contribution in [-0.2, 0) is 0 Å². The minimum atomic E-state index is 0.0806. The molecule has 0 aliphatic carbocycles. The van der Waals surface area contributed by atoms with E-state index in [-0.39, 0.29) is 5.37 Å². The summed E-state index contributed by atoms with van der Waals surface area (Å²) in [6.45, 7) is 1.14. The van der Waals surface area contributed by atoms with E-state index in [4.69, 9.17) is 9.47 Å². The molecule has 126 valence electrons. The van der Waals surface area contributed by atoms with Crippen molar-refractivity contribution in [1.82, 2.24) is 14.9 Å². The molecule has 6 nitrogen and oxygen atoms in total. The number of fused-ring (bicyclic) bond motifs is 2. The molecule has 5 rings (SSSR count). The van der Waals surface area contributed by atoms with Crippen molar-refractivity contribution < 1.29 is 9.47 Å². The summed E-state index contributed by atoms with van der Waals surface area (Å²) in [5.74, 6) is 2.27. The van der Waals surface area contributed by atoms with Crippen molar-refractivity contribution in [1.29, 1.82) is 0 Å². The first-order valence-electron chi connectivity index (χ1n) is 7.83. The summed E-state index contributed by atoms with van der Waals surface area (Å²) in [6.07, 6.45) is 0. The zero-order chi connectivity index (χ0) is 16.8. The van der Waals surface area contributed by atoms with Crippen molar-refractivity contribution in [3.63, 3.8) is 0 Å². The normalized spacial score (nSPS) is 17.9. The number of nitrogens with zero attached hydrogens (tertiary/aromatic N) is 3. The number of aromatic nitrogens is 3. The molecule has 2 aliphatic rings. The fourth-order valence-corrected chi connectivity index (χ4v) is 4.60. The second-order valence-electron chi connectivity index (χ2n) is 5.65. The Morgan fingerprint density at radius 1 is 1.08 bits per heavy atom. The molecule has 0 bridgehead atoms. The lowest BCUT2D eigenvalue weighted by molar-refractivity contribution is 0.171. The third kappa shape index (κ3) is 2.56. The summed E-state index contributed by atoms with van der Waals surface area (Å²) in [4.78, 5) is 0. The maximum absolute atomic E-state index is 5.67. The Balaban J connectivity index is 1.49. The van der Waals surface area contributed by atoms with Crippen molar-refractivity contribution in [2.24, 2.45) is 0 Å². The Labute approximate surface area is 156 Å². The zero-order valence-electron chi connectivity index (χ0n) is 13.0. The van der Waals surface area contributed by atoms with Gasteiger partial charge in [-0.1, -0.05) is 45.9 Å². The highest BCUT2D eigenvalue weighted by Gasteiger charge is 2.29. The molecule has 0 saturated carbocycles. The van der Waals surface area contributed by atoms with Crippen LogP contribution in [-0.4, -0.2) is 28.1 Å². The standard InChI is InChI=1S/C17H13BrN4O2S/c18-12-4-2-1-3-11(12)16-21-22-15(19-20-17(22)25-16)10-5-6-13-14(9-10)24-8-7-23-13/h1-6,9,16,21H,7-8H2. The van der Waals surface area contributed by atoms with Crippen molar-refractivity contribution in [3.8, 4) is 22.9 Å². The second kappa shape index (κ2) is 5.96. The van der Waals surface area contributed by atoms with Gasteiger partial charge in [0.05, 0.1) is 0 Å². The van der Waals surface area contributed by atoms with Gasteiger partial charge in [0.2, 0.25) is 5.16 Å². The third-order valence-corrected chi connectivity index (χ3v) is 5.88. The first kappa shape index (κ1) is 15.1. The van der Waals surface area contributed by atoms with Crippen LogP contribution >= 0.6 is 27.7 Å². The van der Waals surface area contributed by atoms with Crippen molar-refractivity contribution in [2.75, 3.05) is 18.6 Å². The summed E-state index contributed by atoms with van der Waals surface area (Å²) in [5.41, 5.74) is 5.58. The minimum absolute atomic E-state index is 0.0806. The first-order valence-corrected chi connectivity index (χ1v) is 9.50. The average molecular weight is 417 g/mol. The largest absolute Gasteiger partial charge is 0.486 e. The minimum Gasteiger partial charge on any atom is -0.486 e. The van der Waals surface area contributed by atoms with E-state index >= 15 is 0 Å². The molecule has 2 aromatic carbocycles. The van der Waals surface area contributed by atoms with Crippen molar-refractivity contribution in [3.05, 3.63) is 52.5 Å². The van der Waals surface area contributed by atoms with Crippen LogP contribution in [0.4, 0.5) is 0 Å². The molecule has 0 saturated heterocycles. The van der Waals surface area contributed by atoms with Gasteiger partial charge in [-0.15, -0.1) is 10.2 Å². The van der Waals surface area contributed by atoms with Gasteiger partial charge in [0.15, 0.2) is 17.3 Å². The summed E-state index contributed by atoms with van der Waals surface area (Å²) in [6, 6.07) is 14.0. The van der Waals surface area contributed by atoms with E-state index in [0.717, 1.165) is 32.5 Å². The van der Waals surface area contributed by atoms with Crippen LogP contribution in [0.5, 0.6) is 11.5 Å². The third-order valence-electron chi connectivity index (χ3n) is 4.09. The summed E-state index contributed by atoms with van der Waals surface area (Å²) in [7, 11) is 0. The molecular formula is C17H13BrN4O2S. The Morgan fingerprint density at radius 2 is 1.92 bits per heavy atom. The van der Waals surface area contributed by atoms with Gasteiger partial charge in [0.25, 0.3) is 0 Å². The molecule has 1 atom stereocenters. The molecule has 1 aromatic heterocycles. The number of thioether (sulfide) groups is 1. The van der Waals surface area contributed by atoms with Gasteiger partial charge < -0.3 is 14.9 Å². The number of nitrogens with one attached hydrogen (secondary N) is 1.